The fraction of sp³-hybridized carbons (Fsp3) is 0.263. The molecule has 0 bridgehead atoms. The fourth-order valence-electron chi connectivity index (χ4n) is 2.87. The quantitative estimate of drug-likeness (QED) is 0.636. The van der Waals surface area contributed by atoms with Crippen LogP contribution in [-0.2, 0) is 0 Å². The maximum atomic E-state index is 14.4. The number of nitrogens with one attached hydrogen (secondary N) is 1. The van der Waals surface area contributed by atoms with Crippen LogP contribution in [0.3, 0.4) is 0 Å². The standard InChI is InChI=1S/C19H16F2N2O2S/c1-25-18-5-3-12(7-17(18)21)11-2-4-15(16(20)6-11)19(24)23-14-8-13(9-14)22-10-26/h2-7,13-14H,8-9H2,1H3,(H,23,24)/t13-,14+. The van der Waals surface area contributed by atoms with E-state index in [0.717, 1.165) is 0 Å². The molecule has 0 atom stereocenters. The second-order valence-electron chi connectivity index (χ2n) is 6.06. The second kappa shape index (κ2) is 7.72. The summed E-state index contributed by atoms with van der Waals surface area (Å²) < 4.78 is 33.1. The average Bonchev–Trinajstić information content (AvgIpc) is 2.59. The number of aliphatic imine (C=N–C) groups is 1. The first-order chi connectivity index (χ1) is 12.5. The van der Waals surface area contributed by atoms with Crippen molar-refractivity contribution in [3.63, 3.8) is 0 Å². The lowest BCUT2D eigenvalue weighted by molar-refractivity contribution is 0.0906. The topological polar surface area (TPSA) is 50.7 Å². The third kappa shape index (κ3) is 3.79. The van der Waals surface area contributed by atoms with Crippen LogP contribution >= 0.6 is 12.2 Å². The van der Waals surface area contributed by atoms with E-state index in [9.17, 15) is 13.6 Å². The molecule has 1 fully saturated rings. The van der Waals surface area contributed by atoms with Crippen molar-refractivity contribution in [2.45, 2.75) is 24.9 Å². The fourth-order valence-corrected chi connectivity index (χ4v) is 3.02. The Labute approximate surface area is 154 Å². The maximum absolute atomic E-state index is 14.4. The average molecular weight is 374 g/mol. The molecule has 1 aliphatic rings. The number of nitrogens with zero attached hydrogens (tertiary/aromatic N) is 1. The van der Waals surface area contributed by atoms with Gasteiger partial charge in [-0.1, -0.05) is 12.1 Å². The highest BCUT2D eigenvalue weighted by Gasteiger charge is 2.30. The van der Waals surface area contributed by atoms with Gasteiger partial charge in [0.2, 0.25) is 0 Å². The summed E-state index contributed by atoms with van der Waals surface area (Å²) >= 11 is 4.54. The van der Waals surface area contributed by atoms with Crippen molar-refractivity contribution >= 4 is 23.3 Å². The number of thiocarbonyl (C=S) groups is 1. The van der Waals surface area contributed by atoms with Crippen LogP contribution in [0.25, 0.3) is 11.1 Å². The number of rotatable bonds is 5. The predicted octanol–water partition coefficient (Wildman–Crippen LogP) is 4.00. The molecule has 1 aliphatic carbocycles. The van der Waals surface area contributed by atoms with Crippen LogP contribution in [0.2, 0.25) is 0 Å². The Balaban J connectivity index is 1.72. The monoisotopic (exact) mass is 374 g/mol. The number of methoxy groups -OCH3 is 1. The van der Waals surface area contributed by atoms with E-state index in [1.54, 1.807) is 12.1 Å². The molecule has 134 valence electrons. The minimum atomic E-state index is -0.663. The molecule has 1 amide bonds. The molecule has 1 saturated carbocycles. The molecule has 0 heterocycles. The van der Waals surface area contributed by atoms with Crippen LogP contribution in [0, 0.1) is 11.6 Å². The molecule has 2 aromatic carbocycles. The van der Waals surface area contributed by atoms with Crippen molar-refractivity contribution in [2.24, 2.45) is 4.99 Å². The van der Waals surface area contributed by atoms with Gasteiger partial charge >= 0.3 is 0 Å². The number of halogens is 2. The Morgan fingerprint density at radius 2 is 1.85 bits per heavy atom. The summed E-state index contributed by atoms with van der Waals surface area (Å²) in [5.41, 5.74) is 0.915. The summed E-state index contributed by atoms with van der Waals surface area (Å²) in [4.78, 5) is 16.2. The van der Waals surface area contributed by atoms with Crippen molar-refractivity contribution in [3.8, 4) is 16.9 Å². The van der Waals surface area contributed by atoms with E-state index in [1.165, 1.54) is 31.4 Å². The third-order valence-electron chi connectivity index (χ3n) is 4.38. The van der Waals surface area contributed by atoms with Crippen molar-refractivity contribution in [1.29, 1.82) is 0 Å². The van der Waals surface area contributed by atoms with Crippen LogP contribution < -0.4 is 10.1 Å². The normalized spacial score (nSPS) is 18.4. The van der Waals surface area contributed by atoms with Gasteiger partial charge in [0.25, 0.3) is 5.91 Å². The van der Waals surface area contributed by atoms with E-state index < -0.39 is 17.5 Å². The molecule has 0 unspecified atom stereocenters. The van der Waals surface area contributed by atoms with E-state index >= 15 is 0 Å². The van der Waals surface area contributed by atoms with Gasteiger partial charge in [-0.15, -0.1) is 0 Å². The Hall–Kier alpha value is -2.63. The first-order valence-electron chi connectivity index (χ1n) is 8.03. The van der Waals surface area contributed by atoms with Gasteiger partial charge in [0, 0.05) is 6.04 Å². The molecule has 0 aliphatic heterocycles. The van der Waals surface area contributed by atoms with Crippen molar-refractivity contribution in [3.05, 3.63) is 53.6 Å². The number of carbonyl (C=O) groups is 1. The minimum absolute atomic E-state index is 0.0469. The molecule has 26 heavy (non-hydrogen) atoms. The summed E-state index contributed by atoms with van der Waals surface area (Å²) in [7, 11) is 1.37. The molecule has 3 rings (SSSR count). The van der Waals surface area contributed by atoms with Crippen LogP contribution in [0.5, 0.6) is 5.75 Å². The van der Waals surface area contributed by atoms with Gasteiger partial charge in [0.1, 0.15) is 5.82 Å². The number of carbonyl (C=O) groups excluding carboxylic acids is 1. The summed E-state index contributed by atoms with van der Waals surface area (Å²) in [5.74, 6) is -1.57. The zero-order chi connectivity index (χ0) is 18.7. The number of hydrogen-bond acceptors (Lipinski definition) is 4. The largest absolute Gasteiger partial charge is 0.494 e. The van der Waals surface area contributed by atoms with Crippen LogP contribution in [0.4, 0.5) is 8.78 Å². The van der Waals surface area contributed by atoms with E-state index in [0.29, 0.717) is 24.0 Å². The summed E-state index contributed by atoms with van der Waals surface area (Å²) in [6.45, 7) is 0. The zero-order valence-electron chi connectivity index (χ0n) is 14.0. The highest BCUT2D eigenvalue weighted by atomic mass is 32.1. The lowest BCUT2D eigenvalue weighted by atomic mass is 9.87. The van der Waals surface area contributed by atoms with Crippen molar-refractivity contribution in [2.75, 3.05) is 7.11 Å². The molecule has 2 aromatic rings. The number of isothiocyanates is 1. The molecule has 4 nitrogen and oxygen atoms in total. The maximum Gasteiger partial charge on any atom is 0.254 e. The summed E-state index contributed by atoms with van der Waals surface area (Å²) in [6.07, 6.45) is 1.33. The van der Waals surface area contributed by atoms with E-state index in [-0.39, 0.29) is 23.4 Å². The van der Waals surface area contributed by atoms with Gasteiger partial charge in [-0.3, -0.25) is 4.79 Å². The van der Waals surface area contributed by atoms with E-state index in [1.807, 2.05) is 0 Å². The zero-order valence-corrected chi connectivity index (χ0v) is 14.8. The number of amides is 1. The van der Waals surface area contributed by atoms with Gasteiger partial charge in [-0.05, 0) is 60.5 Å². The Kier molecular flexibility index (Phi) is 5.40. The third-order valence-corrected chi connectivity index (χ3v) is 4.49. The summed E-state index contributed by atoms with van der Waals surface area (Å²) in [5, 5.41) is 5.09. The van der Waals surface area contributed by atoms with Gasteiger partial charge in [0.15, 0.2) is 11.6 Å². The molecule has 0 spiro atoms. The molecule has 1 N–H and O–H groups in total. The molecular weight excluding hydrogens is 358 g/mol. The minimum Gasteiger partial charge on any atom is -0.494 e. The van der Waals surface area contributed by atoms with Gasteiger partial charge < -0.3 is 10.1 Å². The first-order valence-corrected chi connectivity index (χ1v) is 8.44. The van der Waals surface area contributed by atoms with Crippen LogP contribution in [-0.4, -0.2) is 30.3 Å². The Morgan fingerprint density at radius 3 is 2.42 bits per heavy atom. The SMILES string of the molecule is COc1ccc(-c2ccc(C(=O)N[C@H]3C[C@@H](N=C=S)C3)c(F)c2)cc1F. The smallest absolute Gasteiger partial charge is 0.254 e. The van der Waals surface area contributed by atoms with Crippen LogP contribution in [0.1, 0.15) is 23.2 Å². The Bertz CT molecular complexity index is 891. The molecular formula is C19H16F2N2O2S. The van der Waals surface area contributed by atoms with Gasteiger partial charge in [-0.25, -0.2) is 13.8 Å². The van der Waals surface area contributed by atoms with E-state index in [4.69, 9.17) is 4.74 Å². The number of ether oxygens (including phenoxy) is 1. The number of benzene rings is 2. The summed E-state index contributed by atoms with van der Waals surface area (Å²) in [6, 6.07) is 8.59. The second-order valence-corrected chi connectivity index (χ2v) is 6.24. The lowest BCUT2D eigenvalue weighted by Crippen LogP contribution is -2.46. The highest BCUT2D eigenvalue weighted by Crippen LogP contribution is 2.27. The predicted molar refractivity (Wildman–Crippen MR) is 97.6 cm³/mol. The first kappa shape index (κ1) is 18.2. The molecule has 0 aromatic heterocycles. The molecule has 7 heteroatoms. The van der Waals surface area contributed by atoms with Gasteiger partial charge in [0.05, 0.1) is 23.9 Å². The molecule has 0 radical (unpaired) electrons. The van der Waals surface area contributed by atoms with Crippen molar-refractivity contribution < 1.29 is 18.3 Å². The molecule has 0 saturated heterocycles. The number of hydrogen-bond donors (Lipinski definition) is 1. The van der Waals surface area contributed by atoms with Crippen LogP contribution in [0.15, 0.2) is 41.4 Å². The lowest BCUT2D eigenvalue weighted by Gasteiger charge is -2.32. The van der Waals surface area contributed by atoms with Gasteiger partial charge in [-0.2, -0.15) is 0 Å². The Morgan fingerprint density at radius 1 is 1.19 bits per heavy atom. The van der Waals surface area contributed by atoms with E-state index in [2.05, 4.69) is 27.7 Å². The van der Waals surface area contributed by atoms with Crippen molar-refractivity contribution in [1.82, 2.24) is 5.32 Å². The highest BCUT2D eigenvalue weighted by molar-refractivity contribution is 7.78.